The second-order valence-electron chi connectivity index (χ2n) is 3.94. The lowest BCUT2D eigenvalue weighted by Crippen LogP contribution is -2.23. The minimum Gasteiger partial charge on any atom is -0.508 e. The zero-order chi connectivity index (χ0) is 10.8. The standard InChI is InChI=1S/C12H16N2O/c1-8(13-2)5-9-7-14-12-4-3-10(15)6-11(9)12/h3-4,6-8,13-15H,5H2,1-2H3. The van der Waals surface area contributed by atoms with Crippen LogP contribution in [0.15, 0.2) is 24.4 Å². The number of phenols is 1. The number of phenolic OH excluding ortho intramolecular Hbond substituents is 1. The van der Waals surface area contributed by atoms with Gasteiger partial charge in [0.05, 0.1) is 0 Å². The fourth-order valence-corrected chi connectivity index (χ4v) is 1.77. The highest BCUT2D eigenvalue weighted by Gasteiger charge is 2.07. The van der Waals surface area contributed by atoms with Crippen LogP contribution in [0.25, 0.3) is 10.9 Å². The largest absolute Gasteiger partial charge is 0.508 e. The van der Waals surface area contributed by atoms with Crippen molar-refractivity contribution in [2.75, 3.05) is 7.05 Å². The van der Waals surface area contributed by atoms with E-state index in [0.717, 1.165) is 17.3 Å². The molecule has 3 heteroatoms. The fourth-order valence-electron chi connectivity index (χ4n) is 1.77. The fraction of sp³-hybridized carbons (Fsp3) is 0.333. The monoisotopic (exact) mass is 204 g/mol. The first-order valence-electron chi connectivity index (χ1n) is 5.17. The van der Waals surface area contributed by atoms with Gasteiger partial charge in [-0.2, -0.15) is 0 Å². The number of likely N-dealkylation sites (N-methyl/N-ethyl adjacent to an activating group) is 1. The number of fused-ring (bicyclic) bond motifs is 1. The van der Waals surface area contributed by atoms with Crippen molar-refractivity contribution in [3.05, 3.63) is 30.0 Å². The minimum atomic E-state index is 0.320. The maximum absolute atomic E-state index is 9.43. The van der Waals surface area contributed by atoms with E-state index in [1.54, 1.807) is 6.07 Å². The van der Waals surface area contributed by atoms with Crippen LogP contribution in [0.5, 0.6) is 5.75 Å². The summed E-state index contributed by atoms with van der Waals surface area (Å²) in [4.78, 5) is 3.21. The summed E-state index contributed by atoms with van der Waals surface area (Å²) >= 11 is 0. The lowest BCUT2D eigenvalue weighted by molar-refractivity contribution is 0.476. The van der Waals surface area contributed by atoms with Gasteiger partial charge in [0, 0.05) is 23.1 Å². The Morgan fingerprint density at radius 2 is 2.27 bits per heavy atom. The number of hydrogen-bond acceptors (Lipinski definition) is 2. The highest BCUT2D eigenvalue weighted by atomic mass is 16.3. The lowest BCUT2D eigenvalue weighted by atomic mass is 10.1. The summed E-state index contributed by atoms with van der Waals surface area (Å²) in [6.07, 6.45) is 2.97. The molecule has 1 aromatic heterocycles. The van der Waals surface area contributed by atoms with Crippen molar-refractivity contribution in [2.24, 2.45) is 0 Å². The average Bonchev–Trinajstić information content (AvgIpc) is 2.61. The summed E-state index contributed by atoms with van der Waals surface area (Å²) in [6.45, 7) is 2.14. The van der Waals surface area contributed by atoms with Gasteiger partial charge in [-0.3, -0.25) is 0 Å². The first-order valence-corrected chi connectivity index (χ1v) is 5.17. The molecule has 0 saturated carbocycles. The molecule has 1 aromatic carbocycles. The third-order valence-electron chi connectivity index (χ3n) is 2.77. The van der Waals surface area contributed by atoms with E-state index in [0.29, 0.717) is 11.8 Å². The SMILES string of the molecule is CNC(C)Cc1c[nH]c2ccc(O)cc12. The molecule has 0 fully saturated rings. The Morgan fingerprint density at radius 3 is 3.00 bits per heavy atom. The van der Waals surface area contributed by atoms with Gasteiger partial charge in [-0.1, -0.05) is 0 Å². The Balaban J connectivity index is 2.39. The van der Waals surface area contributed by atoms with E-state index >= 15 is 0 Å². The van der Waals surface area contributed by atoms with Crippen LogP contribution in [0.1, 0.15) is 12.5 Å². The van der Waals surface area contributed by atoms with Crippen LogP contribution in [0, 0.1) is 0 Å². The summed E-state index contributed by atoms with van der Waals surface area (Å²) in [5.74, 6) is 0.320. The number of aromatic hydroxyl groups is 1. The number of rotatable bonds is 3. The zero-order valence-electron chi connectivity index (χ0n) is 9.04. The van der Waals surface area contributed by atoms with E-state index in [-0.39, 0.29) is 0 Å². The topological polar surface area (TPSA) is 48.0 Å². The molecule has 2 rings (SSSR count). The Morgan fingerprint density at radius 1 is 1.47 bits per heavy atom. The van der Waals surface area contributed by atoms with E-state index in [4.69, 9.17) is 0 Å². The first-order chi connectivity index (χ1) is 7.20. The van der Waals surface area contributed by atoms with E-state index in [2.05, 4.69) is 17.2 Å². The number of nitrogens with one attached hydrogen (secondary N) is 2. The van der Waals surface area contributed by atoms with Crippen LogP contribution in [-0.2, 0) is 6.42 Å². The van der Waals surface area contributed by atoms with Gasteiger partial charge in [0.15, 0.2) is 0 Å². The van der Waals surface area contributed by atoms with E-state index in [1.165, 1.54) is 5.56 Å². The predicted molar refractivity (Wildman–Crippen MR) is 62.2 cm³/mol. The second kappa shape index (κ2) is 3.95. The van der Waals surface area contributed by atoms with Crippen molar-refractivity contribution in [1.29, 1.82) is 0 Å². The van der Waals surface area contributed by atoms with E-state index in [1.807, 2.05) is 25.4 Å². The molecule has 3 nitrogen and oxygen atoms in total. The zero-order valence-corrected chi connectivity index (χ0v) is 9.04. The molecule has 3 N–H and O–H groups in total. The van der Waals surface area contributed by atoms with E-state index in [9.17, 15) is 5.11 Å². The number of H-pyrrole nitrogens is 1. The quantitative estimate of drug-likeness (QED) is 0.716. The Kier molecular flexibility index (Phi) is 2.64. The normalized spacial score (nSPS) is 13.2. The summed E-state index contributed by atoms with van der Waals surface area (Å²) in [5.41, 5.74) is 2.31. The van der Waals surface area contributed by atoms with Crippen molar-refractivity contribution >= 4 is 10.9 Å². The van der Waals surface area contributed by atoms with Gasteiger partial charge in [-0.05, 0) is 44.2 Å². The molecule has 0 saturated heterocycles. The molecule has 0 aliphatic heterocycles. The van der Waals surface area contributed by atoms with Crippen molar-refractivity contribution in [1.82, 2.24) is 10.3 Å². The Hall–Kier alpha value is -1.48. The summed E-state index contributed by atoms with van der Waals surface area (Å²) in [7, 11) is 1.96. The van der Waals surface area contributed by atoms with Gasteiger partial charge in [0.25, 0.3) is 0 Å². The van der Waals surface area contributed by atoms with Gasteiger partial charge in [0.2, 0.25) is 0 Å². The molecular weight excluding hydrogens is 188 g/mol. The van der Waals surface area contributed by atoms with Crippen LogP contribution in [-0.4, -0.2) is 23.2 Å². The van der Waals surface area contributed by atoms with Crippen molar-refractivity contribution in [3.8, 4) is 5.75 Å². The van der Waals surface area contributed by atoms with Gasteiger partial charge >= 0.3 is 0 Å². The molecule has 0 bridgehead atoms. The maximum Gasteiger partial charge on any atom is 0.116 e. The van der Waals surface area contributed by atoms with Gasteiger partial charge in [0.1, 0.15) is 5.75 Å². The third kappa shape index (κ3) is 1.97. The number of aromatic amines is 1. The predicted octanol–water partition coefficient (Wildman–Crippen LogP) is 2.02. The minimum absolute atomic E-state index is 0.320. The van der Waals surface area contributed by atoms with Gasteiger partial charge < -0.3 is 15.4 Å². The molecule has 0 aliphatic carbocycles. The summed E-state index contributed by atoms with van der Waals surface area (Å²) in [5, 5.41) is 13.7. The molecule has 80 valence electrons. The number of aromatic nitrogens is 1. The molecule has 0 amide bonds. The number of hydrogen-bond donors (Lipinski definition) is 3. The first kappa shape index (κ1) is 10.1. The smallest absolute Gasteiger partial charge is 0.116 e. The molecule has 0 spiro atoms. The van der Waals surface area contributed by atoms with Crippen molar-refractivity contribution < 1.29 is 5.11 Å². The van der Waals surface area contributed by atoms with Gasteiger partial charge in [-0.15, -0.1) is 0 Å². The maximum atomic E-state index is 9.43. The Bertz CT molecular complexity index is 462. The summed E-state index contributed by atoms with van der Waals surface area (Å²) in [6, 6.07) is 5.85. The highest BCUT2D eigenvalue weighted by Crippen LogP contribution is 2.23. The molecule has 15 heavy (non-hydrogen) atoms. The van der Waals surface area contributed by atoms with Crippen LogP contribution in [0.2, 0.25) is 0 Å². The highest BCUT2D eigenvalue weighted by molar-refractivity contribution is 5.84. The molecular formula is C12H16N2O. The lowest BCUT2D eigenvalue weighted by Gasteiger charge is -2.08. The van der Waals surface area contributed by atoms with Crippen LogP contribution in [0.4, 0.5) is 0 Å². The summed E-state index contributed by atoms with van der Waals surface area (Å²) < 4.78 is 0. The van der Waals surface area contributed by atoms with Crippen LogP contribution >= 0.6 is 0 Å². The van der Waals surface area contributed by atoms with Crippen LogP contribution < -0.4 is 5.32 Å². The number of benzene rings is 1. The molecule has 0 radical (unpaired) electrons. The molecule has 1 unspecified atom stereocenters. The third-order valence-corrected chi connectivity index (χ3v) is 2.77. The van der Waals surface area contributed by atoms with Gasteiger partial charge in [-0.25, -0.2) is 0 Å². The average molecular weight is 204 g/mol. The second-order valence-corrected chi connectivity index (χ2v) is 3.94. The molecule has 2 aromatic rings. The van der Waals surface area contributed by atoms with E-state index < -0.39 is 0 Å². The van der Waals surface area contributed by atoms with Crippen molar-refractivity contribution in [2.45, 2.75) is 19.4 Å². The van der Waals surface area contributed by atoms with Crippen molar-refractivity contribution in [3.63, 3.8) is 0 Å². The molecule has 1 heterocycles. The Labute approximate surface area is 89.1 Å². The molecule has 0 aliphatic rings. The molecule has 1 atom stereocenters. The van der Waals surface area contributed by atoms with Crippen LogP contribution in [0.3, 0.4) is 0 Å².